The Hall–Kier alpha value is -2.17. The second-order valence-electron chi connectivity index (χ2n) is 6.65. The van der Waals surface area contributed by atoms with Crippen LogP contribution in [0.4, 0.5) is 0 Å². The van der Waals surface area contributed by atoms with Gasteiger partial charge in [-0.25, -0.2) is 0 Å². The first-order chi connectivity index (χ1) is 11.0. The molecule has 3 amide bonds. The molecule has 1 unspecified atom stereocenters. The minimum atomic E-state index is -0.287. The molecule has 0 spiro atoms. The van der Waals surface area contributed by atoms with Gasteiger partial charge in [-0.05, 0) is 37.8 Å². The number of nitrogens with zero attached hydrogens (tertiary/aromatic N) is 2. The second-order valence-corrected chi connectivity index (χ2v) is 6.65. The van der Waals surface area contributed by atoms with E-state index in [0.29, 0.717) is 17.0 Å². The van der Waals surface area contributed by atoms with Gasteiger partial charge in [-0.15, -0.1) is 0 Å². The van der Waals surface area contributed by atoms with Crippen LogP contribution in [-0.2, 0) is 4.79 Å². The average Bonchev–Trinajstić information content (AvgIpc) is 2.76. The topological polar surface area (TPSA) is 57.7 Å². The maximum Gasteiger partial charge on any atom is 0.261 e. The van der Waals surface area contributed by atoms with Crippen LogP contribution in [0.25, 0.3) is 0 Å². The van der Waals surface area contributed by atoms with Gasteiger partial charge in [-0.1, -0.05) is 18.6 Å². The highest BCUT2D eigenvalue weighted by molar-refractivity contribution is 6.21. The number of fused-ring (bicyclic) bond motifs is 1. The molecule has 5 nitrogen and oxygen atoms in total. The lowest BCUT2D eigenvalue weighted by Gasteiger charge is -2.31. The van der Waals surface area contributed by atoms with Gasteiger partial charge in [0.15, 0.2) is 0 Å². The van der Waals surface area contributed by atoms with E-state index in [1.807, 2.05) is 17.9 Å². The van der Waals surface area contributed by atoms with E-state index >= 15 is 0 Å². The highest BCUT2D eigenvalue weighted by Gasteiger charge is 2.35. The second kappa shape index (κ2) is 6.14. The summed E-state index contributed by atoms with van der Waals surface area (Å²) in [5.41, 5.74) is 1.85. The molecule has 0 bridgehead atoms. The number of likely N-dealkylation sites (tertiary alicyclic amines) is 1. The molecule has 1 fully saturated rings. The standard InChI is InChI=1S/C18H22N2O3/c1-12-5-6-14-15(10-12)18(23)20(17(14)22)9-7-16(21)19-8-3-4-13(2)11-19/h5-6,10,13H,3-4,7-9,11H2,1-2H3. The first-order valence-corrected chi connectivity index (χ1v) is 8.22. The third kappa shape index (κ3) is 3.00. The van der Waals surface area contributed by atoms with Gasteiger partial charge >= 0.3 is 0 Å². The Morgan fingerprint density at radius 2 is 1.96 bits per heavy atom. The number of hydrogen-bond donors (Lipinski definition) is 0. The first kappa shape index (κ1) is 15.7. The zero-order chi connectivity index (χ0) is 16.6. The minimum Gasteiger partial charge on any atom is -0.342 e. The number of aryl methyl sites for hydroxylation is 1. The summed E-state index contributed by atoms with van der Waals surface area (Å²) in [4.78, 5) is 40.1. The zero-order valence-corrected chi connectivity index (χ0v) is 13.7. The van der Waals surface area contributed by atoms with Crippen molar-refractivity contribution in [3.8, 4) is 0 Å². The van der Waals surface area contributed by atoms with Gasteiger partial charge < -0.3 is 4.90 Å². The lowest BCUT2D eigenvalue weighted by atomic mass is 10.00. The molecule has 23 heavy (non-hydrogen) atoms. The smallest absolute Gasteiger partial charge is 0.261 e. The van der Waals surface area contributed by atoms with E-state index in [-0.39, 0.29) is 30.7 Å². The number of carbonyl (C=O) groups excluding carboxylic acids is 3. The van der Waals surface area contributed by atoms with Crippen LogP contribution < -0.4 is 0 Å². The van der Waals surface area contributed by atoms with Gasteiger partial charge in [0.2, 0.25) is 5.91 Å². The van der Waals surface area contributed by atoms with E-state index in [0.717, 1.165) is 31.5 Å². The summed E-state index contributed by atoms with van der Waals surface area (Å²) >= 11 is 0. The van der Waals surface area contributed by atoms with Crippen molar-refractivity contribution in [3.63, 3.8) is 0 Å². The summed E-state index contributed by atoms with van der Waals surface area (Å²) in [6.07, 6.45) is 2.39. The van der Waals surface area contributed by atoms with Crippen molar-refractivity contribution < 1.29 is 14.4 Å². The zero-order valence-electron chi connectivity index (χ0n) is 13.7. The van der Waals surface area contributed by atoms with E-state index in [9.17, 15) is 14.4 Å². The Morgan fingerprint density at radius 1 is 1.22 bits per heavy atom. The lowest BCUT2D eigenvalue weighted by Crippen LogP contribution is -2.41. The fourth-order valence-corrected chi connectivity index (χ4v) is 3.39. The number of hydrogen-bond acceptors (Lipinski definition) is 3. The molecule has 2 aliphatic rings. The van der Waals surface area contributed by atoms with Crippen molar-refractivity contribution in [3.05, 3.63) is 34.9 Å². The summed E-state index contributed by atoms with van der Waals surface area (Å²) in [6, 6.07) is 5.26. The van der Waals surface area contributed by atoms with E-state index in [4.69, 9.17) is 0 Å². The molecule has 0 aromatic heterocycles. The summed E-state index contributed by atoms with van der Waals surface area (Å²) in [5, 5.41) is 0. The number of carbonyl (C=O) groups is 3. The Morgan fingerprint density at radius 3 is 2.70 bits per heavy atom. The molecule has 0 saturated carbocycles. The monoisotopic (exact) mass is 314 g/mol. The molecule has 2 aliphatic heterocycles. The molecular weight excluding hydrogens is 292 g/mol. The maximum atomic E-state index is 12.4. The fourth-order valence-electron chi connectivity index (χ4n) is 3.39. The molecule has 1 saturated heterocycles. The largest absolute Gasteiger partial charge is 0.342 e. The van der Waals surface area contributed by atoms with Crippen LogP contribution in [-0.4, -0.2) is 47.2 Å². The van der Waals surface area contributed by atoms with Crippen molar-refractivity contribution in [1.82, 2.24) is 9.80 Å². The third-order valence-electron chi connectivity index (χ3n) is 4.69. The van der Waals surface area contributed by atoms with Crippen molar-refractivity contribution >= 4 is 17.7 Å². The third-order valence-corrected chi connectivity index (χ3v) is 4.69. The van der Waals surface area contributed by atoms with E-state index in [2.05, 4.69) is 6.92 Å². The summed E-state index contributed by atoms with van der Waals surface area (Å²) in [7, 11) is 0. The van der Waals surface area contributed by atoms with Gasteiger partial charge in [0.1, 0.15) is 0 Å². The Labute approximate surface area is 136 Å². The van der Waals surface area contributed by atoms with Crippen LogP contribution in [0, 0.1) is 12.8 Å². The fraction of sp³-hybridized carbons (Fsp3) is 0.500. The number of benzene rings is 1. The normalized spacial score (nSPS) is 20.9. The van der Waals surface area contributed by atoms with Gasteiger partial charge in [0.25, 0.3) is 11.8 Å². The van der Waals surface area contributed by atoms with E-state index in [1.54, 1.807) is 12.1 Å². The van der Waals surface area contributed by atoms with E-state index in [1.165, 1.54) is 4.90 Å². The minimum absolute atomic E-state index is 0.0317. The number of piperidine rings is 1. The van der Waals surface area contributed by atoms with Crippen molar-refractivity contribution in [2.75, 3.05) is 19.6 Å². The highest BCUT2D eigenvalue weighted by Crippen LogP contribution is 2.24. The number of rotatable bonds is 3. The number of imide groups is 1. The van der Waals surface area contributed by atoms with Crippen LogP contribution in [0.15, 0.2) is 18.2 Å². The Balaban J connectivity index is 1.64. The maximum absolute atomic E-state index is 12.4. The lowest BCUT2D eigenvalue weighted by molar-refractivity contribution is -0.132. The molecule has 5 heteroatoms. The molecule has 2 heterocycles. The highest BCUT2D eigenvalue weighted by atomic mass is 16.2. The quantitative estimate of drug-likeness (QED) is 0.804. The van der Waals surface area contributed by atoms with Crippen molar-refractivity contribution in [1.29, 1.82) is 0 Å². The molecule has 1 aromatic rings. The molecule has 0 aliphatic carbocycles. The van der Waals surface area contributed by atoms with Gasteiger partial charge in [0.05, 0.1) is 11.1 Å². The average molecular weight is 314 g/mol. The predicted molar refractivity (Wildman–Crippen MR) is 86.1 cm³/mol. The molecule has 1 aromatic carbocycles. The Bertz CT molecular complexity index is 668. The molecule has 122 valence electrons. The van der Waals surface area contributed by atoms with Crippen LogP contribution in [0.2, 0.25) is 0 Å². The van der Waals surface area contributed by atoms with E-state index < -0.39 is 0 Å². The number of amides is 3. The summed E-state index contributed by atoms with van der Waals surface area (Å²) in [6.45, 7) is 5.76. The molecule has 0 radical (unpaired) electrons. The van der Waals surface area contributed by atoms with Gasteiger partial charge in [-0.3, -0.25) is 19.3 Å². The van der Waals surface area contributed by atoms with Crippen LogP contribution in [0.1, 0.15) is 52.5 Å². The van der Waals surface area contributed by atoms with Crippen LogP contribution in [0.5, 0.6) is 0 Å². The molecule has 1 atom stereocenters. The SMILES string of the molecule is Cc1ccc2c(c1)C(=O)N(CCC(=O)N1CCCC(C)C1)C2=O. The van der Waals surface area contributed by atoms with Gasteiger partial charge in [0, 0.05) is 26.1 Å². The molecule has 0 N–H and O–H groups in total. The van der Waals surface area contributed by atoms with Crippen LogP contribution in [0.3, 0.4) is 0 Å². The first-order valence-electron chi connectivity index (χ1n) is 8.22. The predicted octanol–water partition coefficient (Wildman–Crippen LogP) is 2.24. The van der Waals surface area contributed by atoms with Gasteiger partial charge in [-0.2, -0.15) is 0 Å². The van der Waals surface area contributed by atoms with Crippen LogP contribution >= 0.6 is 0 Å². The van der Waals surface area contributed by atoms with Crippen molar-refractivity contribution in [2.24, 2.45) is 5.92 Å². The summed E-state index contributed by atoms with van der Waals surface area (Å²) in [5.74, 6) is -0.0161. The molecular formula is C18H22N2O3. The summed E-state index contributed by atoms with van der Waals surface area (Å²) < 4.78 is 0. The molecule has 3 rings (SSSR count). The Kier molecular flexibility index (Phi) is 4.20. The van der Waals surface area contributed by atoms with Crippen molar-refractivity contribution in [2.45, 2.75) is 33.1 Å².